The van der Waals surface area contributed by atoms with Crippen LogP contribution in [0.2, 0.25) is 0 Å². The van der Waals surface area contributed by atoms with Crippen LogP contribution in [0.5, 0.6) is 0 Å². The summed E-state index contributed by atoms with van der Waals surface area (Å²) in [6.45, 7) is 0.972. The van der Waals surface area contributed by atoms with E-state index in [0.29, 0.717) is 0 Å². The SMILES string of the molecule is O=C1Nc2ccccc2N2CCSCC12. The standard InChI is InChI=1S/C11H12N2OS/c14-11-10-7-15-6-5-13(10)9-4-2-1-3-8(9)12-11/h1-4,10H,5-7H2,(H,12,14). The quantitative estimate of drug-likeness (QED) is 0.720. The Hall–Kier alpha value is -1.16. The van der Waals surface area contributed by atoms with Gasteiger partial charge in [0.05, 0.1) is 11.4 Å². The normalized spacial score (nSPS) is 24.1. The van der Waals surface area contributed by atoms with Crippen molar-refractivity contribution in [3.8, 4) is 0 Å². The average molecular weight is 220 g/mol. The van der Waals surface area contributed by atoms with Crippen molar-refractivity contribution in [1.82, 2.24) is 0 Å². The van der Waals surface area contributed by atoms with Crippen molar-refractivity contribution in [2.45, 2.75) is 6.04 Å². The number of hydrogen-bond donors (Lipinski definition) is 1. The van der Waals surface area contributed by atoms with E-state index in [-0.39, 0.29) is 11.9 Å². The molecule has 1 amide bonds. The van der Waals surface area contributed by atoms with Gasteiger partial charge >= 0.3 is 0 Å². The lowest BCUT2D eigenvalue weighted by Crippen LogP contribution is -2.52. The minimum Gasteiger partial charge on any atom is -0.356 e. The van der Waals surface area contributed by atoms with Crippen molar-refractivity contribution < 1.29 is 4.79 Å². The first kappa shape index (κ1) is 9.09. The fourth-order valence-corrected chi connectivity index (χ4v) is 3.20. The monoisotopic (exact) mass is 220 g/mol. The summed E-state index contributed by atoms with van der Waals surface area (Å²) in [5, 5.41) is 2.97. The molecule has 1 aromatic carbocycles. The number of rotatable bonds is 0. The molecule has 0 aliphatic carbocycles. The lowest BCUT2D eigenvalue weighted by Gasteiger charge is -2.40. The number of carbonyl (C=O) groups excluding carboxylic acids is 1. The molecule has 1 fully saturated rings. The number of amides is 1. The molecule has 0 bridgehead atoms. The summed E-state index contributed by atoms with van der Waals surface area (Å²) < 4.78 is 0. The molecule has 1 aromatic rings. The second kappa shape index (κ2) is 3.45. The van der Waals surface area contributed by atoms with Crippen LogP contribution in [0, 0.1) is 0 Å². The second-order valence-electron chi connectivity index (χ2n) is 3.79. The summed E-state index contributed by atoms with van der Waals surface area (Å²) in [4.78, 5) is 14.1. The Bertz CT molecular complexity index is 407. The van der Waals surface area contributed by atoms with Crippen LogP contribution in [0.3, 0.4) is 0 Å². The van der Waals surface area contributed by atoms with Gasteiger partial charge in [-0.2, -0.15) is 11.8 Å². The van der Waals surface area contributed by atoms with Crippen LogP contribution >= 0.6 is 11.8 Å². The third-order valence-electron chi connectivity index (χ3n) is 2.90. The molecule has 3 rings (SSSR count). The van der Waals surface area contributed by atoms with E-state index in [0.717, 1.165) is 23.7 Å². The summed E-state index contributed by atoms with van der Waals surface area (Å²) in [5.74, 6) is 2.15. The molecule has 2 heterocycles. The van der Waals surface area contributed by atoms with Gasteiger partial charge in [-0.05, 0) is 12.1 Å². The Morgan fingerprint density at radius 2 is 2.27 bits per heavy atom. The molecule has 1 N–H and O–H groups in total. The van der Waals surface area contributed by atoms with E-state index in [9.17, 15) is 4.79 Å². The van der Waals surface area contributed by atoms with Crippen LogP contribution in [-0.2, 0) is 4.79 Å². The summed E-state index contributed by atoms with van der Waals surface area (Å²) in [7, 11) is 0. The van der Waals surface area contributed by atoms with Crippen molar-refractivity contribution in [1.29, 1.82) is 0 Å². The molecule has 3 nitrogen and oxygen atoms in total. The van der Waals surface area contributed by atoms with E-state index in [1.807, 2.05) is 30.0 Å². The van der Waals surface area contributed by atoms with Gasteiger partial charge in [0, 0.05) is 18.1 Å². The van der Waals surface area contributed by atoms with Gasteiger partial charge in [-0.15, -0.1) is 0 Å². The smallest absolute Gasteiger partial charge is 0.247 e. The van der Waals surface area contributed by atoms with Crippen molar-refractivity contribution in [3.63, 3.8) is 0 Å². The van der Waals surface area contributed by atoms with Crippen molar-refractivity contribution >= 4 is 29.0 Å². The van der Waals surface area contributed by atoms with Crippen molar-refractivity contribution in [2.75, 3.05) is 28.3 Å². The Morgan fingerprint density at radius 3 is 3.20 bits per heavy atom. The molecule has 2 aliphatic heterocycles. The maximum absolute atomic E-state index is 11.8. The van der Waals surface area contributed by atoms with E-state index in [1.54, 1.807) is 0 Å². The van der Waals surface area contributed by atoms with Gasteiger partial charge < -0.3 is 10.2 Å². The molecule has 1 saturated heterocycles. The Morgan fingerprint density at radius 1 is 1.40 bits per heavy atom. The Balaban J connectivity index is 2.06. The van der Waals surface area contributed by atoms with E-state index < -0.39 is 0 Å². The fourth-order valence-electron chi connectivity index (χ4n) is 2.16. The summed E-state index contributed by atoms with van der Waals surface area (Å²) in [6.07, 6.45) is 0. The lowest BCUT2D eigenvalue weighted by atomic mass is 10.1. The molecule has 1 unspecified atom stereocenters. The van der Waals surface area contributed by atoms with Crippen LogP contribution in [0.1, 0.15) is 0 Å². The highest BCUT2D eigenvalue weighted by atomic mass is 32.2. The zero-order valence-corrected chi connectivity index (χ0v) is 9.09. The highest BCUT2D eigenvalue weighted by Gasteiger charge is 2.34. The summed E-state index contributed by atoms with van der Waals surface area (Å²) >= 11 is 1.86. The molecule has 2 aliphatic rings. The lowest BCUT2D eigenvalue weighted by molar-refractivity contribution is -0.117. The average Bonchev–Trinajstić information content (AvgIpc) is 2.30. The van der Waals surface area contributed by atoms with Crippen LogP contribution in [0.4, 0.5) is 11.4 Å². The number of nitrogens with one attached hydrogen (secondary N) is 1. The molecular weight excluding hydrogens is 208 g/mol. The molecule has 78 valence electrons. The fraction of sp³-hybridized carbons (Fsp3) is 0.364. The van der Waals surface area contributed by atoms with Crippen molar-refractivity contribution in [2.24, 2.45) is 0 Å². The van der Waals surface area contributed by atoms with Crippen molar-refractivity contribution in [3.05, 3.63) is 24.3 Å². The number of thioether (sulfide) groups is 1. The number of fused-ring (bicyclic) bond motifs is 3. The van der Waals surface area contributed by atoms with Crippen LogP contribution in [0.25, 0.3) is 0 Å². The van der Waals surface area contributed by atoms with Gasteiger partial charge in [-0.25, -0.2) is 0 Å². The highest BCUT2D eigenvalue weighted by molar-refractivity contribution is 7.99. The summed E-state index contributed by atoms with van der Waals surface area (Å²) in [5.41, 5.74) is 2.12. The maximum atomic E-state index is 11.8. The van der Waals surface area contributed by atoms with Gasteiger partial charge in [0.1, 0.15) is 6.04 Å². The number of benzene rings is 1. The molecule has 0 radical (unpaired) electrons. The Kier molecular flexibility index (Phi) is 2.09. The van der Waals surface area contributed by atoms with Crippen LogP contribution in [0.15, 0.2) is 24.3 Å². The predicted octanol–water partition coefficient (Wildman–Crippen LogP) is 1.56. The van der Waals surface area contributed by atoms with E-state index in [2.05, 4.69) is 16.3 Å². The van der Waals surface area contributed by atoms with Gasteiger partial charge in [-0.1, -0.05) is 12.1 Å². The highest BCUT2D eigenvalue weighted by Crippen LogP contribution is 2.34. The van der Waals surface area contributed by atoms with Crippen LogP contribution in [-0.4, -0.2) is 30.0 Å². The third-order valence-corrected chi connectivity index (χ3v) is 3.93. The first-order valence-electron chi connectivity index (χ1n) is 5.10. The summed E-state index contributed by atoms with van der Waals surface area (Å²) in [6, 6.07) is 8.05. The first-order chi connectivity index (χ1) is 7.36. The first-order valence-corrected chi connectivity index (χ1v) is 6.26. The second-order valence-corrected chi connectivity index (χ2v) is 4.94. The van der Waals surface area contributed by atoms with E-state index in [1.165, 1.54) is 5.69 Å². The zero-order valence-electron chi connectivity index (χ0n) is 8.27. The van der Waals surface area contributed by atoms with Gasteiger partial charge in [0.2, 0.25) is 5.91 Å². The molecule has 0 spiro atoms. The Labute approximate surface area is 92.8 Å². The topological polar surface area (TPSA) is 32.3 Å². The molecule has 4 heteroatoms. The molecular formula is C11H12N2OS. The zero-order chi connectivity index (χ0) is 10.3. The number of para-hydroxylation sites is 2. The molecule has 1 atom stereocenters. The third kappa shape index (κ3) is 1.40. The van der Waals surface area contributed by atoms with E-state index in [4.69, 9.17) is 0 Å². The largest absolute Gasteiger partial charge is 0.356 e. The number of hydrogen-bond acceptors (Lipinski definition) is 3. The molecule has 0 aromatic heterocycles. The van der Waals surface area contributed by atoms with Gasteiger partial charge in [0.25, 0.3) is 0 Å². The minimum absolute atomic E-state index is 0.0265. The molecule has 0 saturated carbocycles. The maximum Gasteiger partial charge on any atom is 0.247 e. The number of anilines is 2. The van der Waals surface area contributed by atoms with Gasteiger partial charge in [0.15, 0.2) is 0 Å². The number of nitrogens with zero attached hydrogens (tertiary/aromatic N) is 1. The molecule has 15 heavy (non-hydrogen) atoms. The van der Waals surface area contributed by atoms with Crippen LogP contribution < -0.4 is 10.2 Å². The van der Waals surface area contributed by atoms with Gasteiger partial charge in [-0.3, -0.25) is 4.79 Å². The predicted molar refractivity (Wildman–Crippen MR) is 63.5 cm³/mol. The number of carbonyl (C=O) groups is 1. The van der Waals surface area contributed by atoms with E-state index >= 15 is 0 Å². The minimum atomic E-state index is 0.0265.